The zero-order chi connectivity index (χ0) is 17.5. The van der Waals surface area contributed by atoms with Gasteiger partial charge in [0.1, 0.15) is 12.4 Å². The number of methoxy groups -OCH3 is 1. The predicted molar refractivity (Wildman–Crippen MR) is 92.6 cm³/mol. The second kappa shape index (κ2) is 8.21. The van der Waals surface area contributed by atoms with Gasteiger partial charge in [-0.3, -0.25) is 5.32 Å². The minimum absolute atomic E-state index is 0.174. The zero-order valence-electron chi connectivity index (χ0n) is 13.2. The summed E-state index contributed by atoms with van der Waals surface area (Å²) in [6.45, 7) is 2.00. The molecule has 0 unspecified atom stereocenters. The van der Waals surface area contributed by atoms with E-state index in [0.717, 1.165) is 11.1 Å². The molecule has 0 saturated carbocycles. The van der Waals surface area contributed by atoms with Crippen LogP contribution in [0.25, 0.3) is 0 Å². The van der Waals surface area contributed by atoms with Gasteiger partial charge >= 0.3 is 6.09 Å². The summed E-state index contributed by atoms with van der Waals surface area (Å²) in [5, 5.41) is 16.4. The number of anilines is 1. The summed E-state index contributed by atoms with van der Waals surface area (Å²) in [6, 6.07) is 11.8. The maximum Gasteiger partial charge on any atom is 0.411 e. The average molecular weight is 349 g/mol. The van der Waals surface area contributed by atoms with Crippen LogP contribution >= 0.6 is 11.6 Å². The first-order valence-electron chi connectivity index (χ1n) is 7.09. The number of carbonyl (C=O) groups is 1. The van der Waals surface area contributed by atoms with E-state index in [1.807, 2.05) is 6.07 Å². The number of phenolic OH excluding ortho intramolecular Hbond substituents is 1. The van der Waals surface area contributed by atoms with E-state index in [1.54, 1.807) is 43.3 Å². The molecule has 126 valence electrons. The van der Waals surface area contributed by atoms with Crippen molar-refractivity contribution in [2.75, 3.05) is 12.4 Å². The highest BCUT2D eigenvalue weighted by Crippen LogP contribution is 2.23. The van der Waals surface area contributed by atoms with Crippen molar-refractivity contribution < 1.29 is 19.5 Å². The van der Waals surface area contributed by atoms with Gasteiger partial charge in [-0.15, -0.1) is 0 Å². The summed E-state index contributed by atoms with van der Waals surface area (Å²) in [6.07, 6.45) is -0.608. The first-order valence-corrected chi connectivity index (χ1v) is 7.46. The van der Waals surface area contributed by atoms with Gasteiger partial charge in [-0.2, -0.15) is 0 Å². The first kappa shape index (κ1) is 17.6. The molecular formula is C17H17ClN2O4. The Morgan fingerprint density at radius 1 is 1.29 bits per heavy atom. The summed E-state index contributed by atoms with van der Waals surface area (Å²) >= 11 is 6.04. The first-order chi connectivity index (χ1) is 11.5. The number of phenols is 1. The number of rotatable bonds is 5. The molecule has 2 aromatic carbocycles. The number of oxime groups is 1. The van der Waals surface area contributed by atoms with Crippen molar-refractivity contribution in [2.45, 2.75) is 13.5 Å². The van der Waals surface area contributed by atoms with Crippen molar-refractivity contribution in [1.82, 2.24) is 0 Å². The van der Waals surface area contributed by atoms with Crippen molar-refractivity contribution in [3.8, 4) is 5.75 Å². The third kappa shape index (κ3) is 4.89. The van der Waals surface area contributed by atoms with Crippen LogP contribution in [0.3, 0.4) is 0 Å². The highest BCUT2D eigenvalue weighted by atomic mass is 35.5. The molecule has 0 bridgehead atoms. The molecule has 2 aromatic rings. The Kier molecular flexibility index (Phi) is 6.03. The summed E-state index contributed by atoms with van der Waals surface area (Å²) < 4.78 is 4.55. The van der Waals surface area contributed by atoms with Gasteiger partial charge in [-0.05, 0) is 36.8 Å². The Morgan fingerprint density at radius 3 is 2.79 bits per heavy atom. The second-order valence-corrected chi connectivity index (χ2v) is 5.34. The van der Waals surface area contributed by atoms with Crippen molar-refractivity contribution in [3.63, 3.8) is 0 Å². The Labute approximate surface area is 144 Å². The van der Waals surface area contributed by atoms with Crippen LogP contribution in [-0.4, -0.2) is 24.0 Å². The topological polar surface area (TPSA) is 80.2 Å². The van der Waals surface area contributed by atoms with Crippen LogP contribution in [0.5, 0.6) is 5.75 Å². The lowest BCUT2D eigenvalue weighted by Crippen LogP contribution is -2.12. The predicted octanol–water partition coefficient (Wildman–Crippen LogP) is 4.16. The second-order valence-electron chi connectivity index (χ2n) is 4.93. The lowest BCUT2D eigenvalue weighted by molar-refractivity contribution is 0.130. The largest absolute Gasteiger partial charge is 0.508 e. The smallest absolute Gasteiger partial charge is 0.411 e. The highest BCUT2D eigenvalue weighted by Gasteiger charge is 2.08. The van der Waals surface area contributed by atoms with Crippen LogP contribution in [0.2, 0.25) is 5.02 Å². The molecule has 0 spiro atoms. The van der Waals surface area contributed by atoms with Crippen LogP contribution in [-0.2, 0) is 16.2 Å². The number of amides is 1. The molecule has 0 radical (unpaired) electrons. The van der Waals surface area contributed by atoms with Crippen molar-refractivity contribution in [3.05, 3.63) is 58.6 Å². The molecule has 0 heterocycles. The molecule has 6 nitrogen and oxygen atoms in total. The minimum Gasteiger partial charge on any atom is -0.508 e. The molecule has 1 amide bonds. The molecule has 0 aliphatic heterocycles. The van der Waals surface area contributed by atoms with Gasteiger partial charge in [-0.25, -0.2) is 4.79 Å². The maximum absolute atomic E-state index is 11.3. The molecule has 24 heavy (non-hydrogen) atoms. The minimum atomic E-state index is -0.608. The fourth-order valence-corrected chi connectivity index (χ4v) is 2.07. The molecular weight excluding hydrogens is 332 g/mol. The number of hydrogen-bond donors (Lipinski definition) is 2. The monoisotopic (exact) mass is 348 g/mol. The van der Waals surface area contributed by atoms with E-state index < -0.39 is 6.09 Å². The summed E-state index contributed by atoms with van der Waals surface area (Å²) in [7, 11) is 1.27. The van der Waals surface area contributed by atoms with E-state index in [0.29, 0.717) is 16.4 Å². The van der Waals surface area contributed by atoms with Gasteiger partial charge in [0, 0.05) is 5.56 Å². The number of hydrogen-bond acceptors (Lipinski definition) is 5. The van der Waals surface area contributed by atoms with Crippen molar-refractivity contribution in [2.24, 2.45) is 5.16 Å². The fraction of sp³-hybridized carbons (Fsp3) is 0.176. The van der Waals surface area contributed by atoms with E-state index in [2.05, 4.69) is 15.2 Å². The Balaban J connectivity index is 2.06. The average Bonchev–Trinajstić information content (AvgIpc) is 2.56. The Hall–Kier alpha value is -2.73. The molecule has 2 rings (SSSR count). The van der Waals surface area contributed by atoms with Crippen LogP contribution in [0, 0.1) is 0 Å². The van der Waals surface area contributed by atoms with Gasteiger partial charge in [0.15, 0.2) is 0 Å². The molecule has 0 fully saturated rings. The summed E-state index contributed by atoms with van der Waals surface area (Å²) in [5.41, 5.74) is 2.57. The number of nitrogens with zero attached hydrogens (tertiary/aromatic N) is 1. The number of aromatic hydroxyl groups is 1. The van der Waals surface area contributed by atoms with Gasteiger partial charge in [0.05, 0.1) is 23.5 Å². The molecule has 2 N–H and O–H groups in total. The molecule has 0 aromatic heterocycles. The number of nitrogens with one attached hydrogen (secondary N) is 1. The number of ether oxygens (including phenoxy) is 1. The SMILES string of the molecule is COC(=O)Nc1cc(/C(C)=N/OCc2cccc(O)c2)ccc1Cl. The standard InChI is InChI=1S/C17H17ClN2O4/c1-11(20-24-10-12-4-3-5-14(21)8-12)13-6-7-15(18)16(9-13)19-17(22)23-2/h3-9,21H,10H2,1-2H3,(H,19,22)/b20-11+. The van der Waals surface area contributed by atoms with Crippen LogP contribution in [0.4, 0.5) is 10.5 Å². The van der Waals surface area contributed by atoms with E-state index in [9.17, 15) is 9.90 Å². The Bertz CT molecular complexity index is 762. The number of benzene rings is 2. The van der Waals surface area contributed by atoms with Gasteiger partial charge in [0.2, 0.25) is 0 Å². The van der Waals surface area contributed by atoms with Crippen LogP contribution in [0.15, 0.2) is 47.6 Å². The number of halogens is 1. The van der Waals surface area contributed by atoms with E-state index in [1.165, 1.54) is 7.11 Å². The zero-order valence-corrected chi connectivity index (χ0v) is 14.0. The van der Waals surface area contributed by atoms with Gasteiger partial charge in [0.25, 0.3) is 0 Å². The van der Waals surface area contributed by atoms with E-state index >= 15 is 0 Å². The normalized spacial score (nSPS) is 11.0. The lowest BCUT2D eigenvalue weighted by Gasteiger charge is -2.08. The van der Waals surface area contributed by atoms with Gasteiger partial charge < -0.3 is 14.7 Å². The lowest BCUT2D eigenvalue weighted by atomic mass is 10.1. The van der Waals surface area contributed by atoms with Crippen molar-refractivity contribution in [1.29, 1.82) is 0 Å². The van der Waals surface area contributed by atoms with Crippen LogP contribution in [0.1, 0.15) is 18.1 Å². The van der Waals surface area contributed by atoms with E-state index in [-0.39, 0.29) is 12.4 Å². The van der Waals surface area contributed by atoms with Crippen LogP contribution < -0.4 is 5.32 Å². The van der Waals surface area contributed by atoms with Gasteiger partial charge in [-0.1, -0.05) is 35.0 Å². The third-order valence-electron chi connectivity index (χ3n) is 3.15. The molecule has 0 aliphatic carbocycles. The molecule has 0 saturated heterocycles. The van der Waals surface area contributed by atoms with E-state index in [4.69, 9.17) is 16.4 Å². The summed E-state index contributed by atoms with van der Waals surface area (Å²) in [5.74, 6) is 0.174. The van der Waals surface area contributed by atoms with Crippen molar-refractivity contribution >= 4 is 29.1 Å². The quantitative estimate of drug-likeness (QED) is 0.628. The fourth-order valence-electron chi connectivity index (χ4n) is 1.91. The molecule has 0 atom stereocenters. The highest BCUT2D eigenvalue weighted by molar-refractivity contribution is 6.33. The summed E-state index contributed by atoms with van der Waals surface area (Å²) in [4.78, 5) is 16.6. The maximum atomic E-state index is 11.3. The third-order valence-corrected chi connectivity index (χ3v) is 3.48. The Morgan fingerprint density at radius 2 is 2.08 bits per heavy atom. The molecule has 7 heteroatoms. The number of carbonyl (C=O) groups excluding carboxylic acids is 1. The molecule has 0 aliphatic rings.